The number of anilines is 3. The molecule has 0 aliphatic carbocycles. The summed E-state index contributed by atoms with van der Waals surface area (Å²) in [5.41, 5.74) is 9.07. The third kappa shape index (κ3) is 2.37. The largest absolute Gasteiger partial charge is 0.399 e. The van der Waals surface area contributed by atoms with Crippen LogP contribution in [0.4, 0.5) is 20.9 Å². The zero-order chi connectivity index (χ0) is 13.4. The van der Waals surface area contributed by atoms with Crippen LogP contribution in [0, 0.1) is 12.7 Å². The van der Waals surface area contributed by atoms with E-state index in [1.54, 1.807) is 6.07 Å². The number of rotatable bonds is 2. The van der Waals surface area contributed by atoms with Crippen LogP contribution in [0.3, 0.4) is 0 Å². The van der Waals surface area contributed by atoms with E-state index in [2.05, 4.69) is 10.3 Å². The van der Waals surface area contributed by atoms with Gasteiger partial charge >= 0.3 is 0 Å². The van der Waals surface area contributed by atoms with E-state index in [1.165, 1.54) is 23.5 Å². The van der Waals surface area contributed by atoms with Crippen LogP contribution in [0.15, 0.2) is 36.4 Å². The average Bonchev–Trinajstić information content (AvgIpc) is 2.74. The zero-order valence-corrected chi connectivity index (χ0v) is 11.1. The minimum Gasteiger partial charge on any atom is -0.399 e. The van der Waals surface area contributed by atoms with Gasteiger partial charge in [-0.2, -0.15) is 0 Å². The fourth-order valence-electron chi connectivity index (χ4n) is 1.88. The quantitative estimate of drug-likeness (QED) is 0.692. The van der Waals surface area contributed by atoms with Gasteiger partial charge < -0.3 is 11.1 Å². The molecular formula is C14H12FN3S. The Morgan fingerprint density at radius 1 is 1.21 bits per heavy atom. The molecule has 0 saturated carbocycles. The molecule has 0 saturated heterocycles. The first-order valence-electron chi connectivity index (χ1n) is 5.81. The molecule has 1 heterocycles. The summed E-state index contributed by atoms with van der Waals surface area (Å²) in [4.78, 5) is 4.47. The zero-order valence-electron chi connectivity index (χ0n) is 10.3. The van der Waals surface area contributed by atoms with Crippen LogP contribution in [0.2, 0.25) is 0 Å². The molecule has 0 aliphatic rings. The molecule has 3 N–H and O–H groups in total. The molecule has 0 radical (unpaired) electrons. The van der Waals surface area contributed by atoms with E-state index in [9.17, 15) is 4.39 Å². The Balaban J connectivity index is 1.96. The van der Waals surface area contributed by atoms with Crippen molar-refractivity contribution in [2.75, 3.05) is 11.1 Å². The van der Waals surface area contributed by atoms with Crippen molar-refractivity contribution in [3.63, 3.8) is 0 Å². The third-order valence-corrected chi connectivity index (χ3v) is 3.78. The molecule has 2 aromatic carbocycles. The Morgan fingerprint density at radius 2 is 2.05 bits per heavy atom. The number of nitrogen functional groups attached to an aromatic ring is 1. The van der Waals surface area contributed by atoms with Crippen molar-refractivity contribution in [3.05, 3.63) is 47.8 Å². The van der Waals surface area contributed by atoms with Gasteiger partial charge in [-0.15, -0.1) is 0 Å². The number of hydrogen-bond acceptors (Lipinski definition) is 4. The Hall–Kier alpha value is -2.14. The van der Waals surface area contributed by atoms with E-state index in [4.69, 9.17) is 5.73 Å². The molecule has 5 heteroatoms. The Kier molecular flexibility index (Phi) is 2.83. The number of fused-ring (bicyclic) bond motifs is 1. The maximum atomic E-state index is 13.0. The highest BCUT2D eigenvalue weighted by Gasteiger charge is 2.06. The smallest absolute Gasteiger partial charge is 0.188 e. The van der Waals surface area contributed by atoms with Crippen LogP contribution in [0.25, 0.3) is 10.2 Å². The van der Waals surface area contributed by atoms with Crippen molar-refractivity contribution in [1.82, 2.24) is 4.98 Å². The molecule has 0 amide bonds. The van der Waals surface area contributed by atoms with Gasteiger partial charge in [-0.05, 0) is 48.9 Å². The molecule has 0 aliphatic heterocycles. The Bertz CT molecular complexity index is 752. The summed E-state index contributed by atoms with van der Waals surface area (Å²) >= 11 is 1.52. The highest BCUT2D eigenvalue weighted by atomic mass is 32.1. The lowest BCUT2D eigenvalue weighted by Gasteiger charge is -2.05. The second-order valence-electron chi connectivity index (χ2n) is 4.33. The molecule has 19 heavy (non-hydrogen) atoms. The monoisotopic (exact) mass is 273 g/mol. The Morgan fingerprint density at radius 3 is 2.84 bits per heavy atom. The first kappa shape index (κ1) is 11.9. The Labute approximate surface area is 113 Å². The number of halogens is 1. The second kappa shape index (κ2) is 4.51. The van der Waals surface area contributed by atoms with Crippen molar-refractivity contribution in [3.8, 4) is 0 Å². The van der Waals surface area contributed by atoms with Crippen LogP contribution in [-0.2, 0) is 0 Å². The molecule has 0 unspecified atom stereocenters. The minimum atomic E-state index is -0.236. The van der Waals surface area contributed by atoms with E-state index in [1.807, 2.05) is 25.1 Å². The fourth-order valence-corrected chi connectivity index (χ4v) is 2.80. The molecule has 0 atom stereocenters. The molecule has 3 nitrogen and oxygen atoms in total. The summed E-state index contributed by atoms with van der Waals surface area (Å²) in [6.45, 7) is 1.86. The maximum absolute atomic E-state index is 13.0. The number of nitrogens with two attached hydrogens (primary N) is 1. The van der Waals surface area contributed by atoms with Gasteiger partial charge in [0.25, 0.3) is 0 Å². The van der Waals surface area contributed by atoms with Crippen LogP contribution < -0.4 is 11.1 Å². The van der Waals surface area contributed by atoms with Crippen molar-refractivity contribution < 1.29 is 4.39 Å². The van der Waals surface area contributed by atoms with Gasteiger partial charge in [-0.3, -0.25) is 0 Å². The lowest BCUT2D eigenvalue weighted by atomic mass is 10.2. The van der Waals surface area contributed by atoms with Gasteiger partial charge in [0.15, 0.2) is 5.13 Å². The molecule has 0 spiro atoms. The van der Waals surface area contributed by atoms with E-state index in [0.717, 1.165) is 32.3 Å². The van der Waals surface area contributed by atoms with Crippen LogP contribution in [0.5, 0.6) is 0 Å². The first-order valence-corrected chi connectivity index (χ1v) is 6.63. The molecule has 0 fully saturated rings. The second-order valence-corrected chi connectivity index (χ2v) is 5.36. The first-order chi connectivity index (χ1) is 9.11. The topological polar surface area (TPSA) is 50.9 Å². The number of aromatic nitrogens is 1. The summed E-state index contributed by atoms with van der Waals surface area (Å²) in [6.07, 6.45) is 0. The highest BCUT2D eigenvalue weighted by Crippen LogP contribution is 2.30. The molecular weight excluding hydrogens is 261 g/mol. The number of aryl methyl sites for hydroxylation is 1. The van der Waals surface area contributed by atoms with Crippen LogP contribution in [0.1, 0.15) is 5.56 Å². The molecule has 3 aromatic rings. The number of hydrogen-bond donors (Lipinski definition) is 2. The van der Waals surface area contributed by atoms with Crippen molar-refractivity contribution in [1.29, 1.82) is 0 Å². The summed E-state index contributed by atoms with van der Waals surface area (Å²) in [7, 11) is 0. The predicted molar refractivity (Wildman–Crippen MR) is 78.5 cm³/mol. The third-order valence-electron chi connectivity index (χ3n) is 2.84. The summed E-state index contributed by atoms with van der Waals surface area (Å²) in [6, 6.07) is 10.3. The van der Waals surface area contributed by atoms with E-state index >= 15 is 0 Å². The minimum absolute atomic E-state index is 0.236. The van der Waals surface area contributed by atoms with E-state index in [0.29, 0.717) is 0 Å². The normalized spacial score (nSPS) is 10.8. The highest BCUT2D eigenvalue weighted by molar-refractivity contribution is 7.22. The number of nitrogens with one attached hydrogen (secondary N) is 1. The van der Waals surface area contributed by atoms with Crippen LogP contribution >= 0.6 is 11.3 Å². The van der Waals surface area contributed by atoms with Crippen molar-refractivity contribution in [2.45, 2.75) is 6.92 Å². The molecule has 0 bridgehead atoms. The number of nitrogens with zero attached hydrogens (tertiary/aromatic N) is 1. The lowest BCUT2D eigenvalue weighted by molar-refractivity contribution is 0.627. The number of thiazole rings is 1. The van der Waals surface area contributed by atoms with Gasteiger partial charge in [0.1, 0.15) is 5.82 Å². The standard InChI is InChI=1S/C14H12FN3S/c1-8-6-9(15)2-4-11(8)17-14-18-12-5-3-10(16)7-13(12)19-14/h2-7H,16H2,1H3,(H,17,18). The van der Waals surface area contributed by atoms with Crippen molar-refractivity contribution >= 4 is 38.1 Å². The SMILES string of the molecule is Cc1cc(F)ccc1Nc1nc2ccc(N)cc2s1. The molecule has 3 rings (SSSR count). The fraction of sp³-hybridized carbons (Fsp3) is 0.0714. The summed E-state index contributed by atoms with van der Waals surface area (Å²) in [5, 5.41) is 3.98. The van der Waals surface area contributed by atoms with Crippen molar-refractivity contribution in [2.24, 2.45) is 0 Å². The maximum Gasteiger partial charge on any atom is 0.188 e. The van der Waals surface area contributed by atoms with Crippen LogP contribution in [-0.4, -0.2) is 4.98 Å². The van der Waals surface area contributed by atoms with Gasteiger partial charge in [0.2, 0.25) is 0 Å². The predicted octanol–water partition coefficient (Wildman–Crippen LogP) is 4.07. The van der Waals surface area contributed by atoms with Gasteiger partial charge in [0.05, 0.1) is 10.2 Å². The number of benzene rings is 2. The summed E-state index contributed by atoms with van der Waals surface area (Å²) < 4.78 is 14.1. The molecule has 96 valence electrons. The van der Waals surface area contributed by atoms with Gasteiger partial charge in [-0.1, -0.05) is 11.3 Å². The average molecular weight is 273 g/mol. The van der Waals surface area contributed by atoms with E-state index in [-0.39, 0.29) is 5.82 Å². The summed E-state index contributed by atoms with van der Waals surface area (Å²) in [5.74, 6) is -0.236. The van der Waals surface area contributed by atoms with Gasteiger partial charge in [-0.25, -0.2) is 9.37 Å². The lowest BCUT2D eigenvalue weighted by Crippen LogP contribution is -1.92. The molecule has 1 aromatic heterocycles. The van der Waals surface area contributed by atoms with E-state index < -0.39 is 0 Å². The van der Waals surface area contributed by atoms with Gasteiger partial charge in [0, 0.05) is 11.4 Å².